The molecule has 1 atom stereocenters. The van der Waals surface area contributed by atoms with E-state index in [0.717, 1.165) is 16.3 Å². The highest BCUT2D eigenvalue weighted by atomic mass is 16.5. The molecule has 25 heavy (non-hydrogen) atoms. The Bertz CT molecular complexity index is 810. The smallest absolute Gasteiger partial charge is 0.402 e. The molecule has 134 valence electrons. The van der Waals surface area contributed by atoms with Crippen molar-refractivity contribution in [2.24, 2.45) is 4.99 Å². The van der Waals surface area contributed by atoms with Gasteiger partial charge >= 0.3 is 17.9 Å². The Kier molecular flexibility index (Phi) is 4.09. The van der Waals surface area contributed by atoms with Crippen LogP contribution in [0.25, 0.3) is 0 Å². The van der Waals surface area contributed by atoms with Crippen molar-refractivity contribution >= 4 is 29.7 Å². The Morgan fingerprint density at radius 3 is 2.56 bits per heavy atom. The molecule has 2 aliphatic heterocycles. The lowest BCUT2D eigenvalue weighted by molar-refractivity contribution is -0.685. The van der Waals surface area contributed by atoms with Gasteiger partial charge in [0.15, 0.2) is 0 Å². The van der Waals surface area contributed by atoms with Gasteiger partial charge in [-0.1, -0.05) is 4.99 Å². The summed E-state index contributed by atoms with van der Waals surface area (Å²) in [5.41, 5.74) is 1.93. The minimum absolute atomic E-state index is 0.192. The quantitative estimate of drug-likeness (QED) is 0.584. The van der Waals surface area contributed by atoms with Gasteiger partial charge in [-0.25, -0.2) is 18.8 Å². The number of ether oxygens (including phenoxy) is 1. The number of likely N-dealkylation sites (N-methyl/N-ethyl adjacent to an activating group) is 1. The summed E-state index contributed by atoms with van der Waals surface area (Å²) in [6, 6.07) is -1.31. The Hall–Kier alpha value is -2.71. The van der Waals surface area contributed by atoms with Crippen LogP contribution in [0.2, 0.25) is 0 Å². The number of fused-ring (bicyclic) bond motifs is 3. The zero-order valence-electron chi connectivity index (χ0n) is 15.1. The monoisotopic (exact) mass is 348 g/mol. The van der Waals surface area contributed by atoms with Gasteiger partial charge < -0.3 is 4.74 Å². The van der Waals surface area contributed by atoms with Gasteiger partial charge in [-0.15, -0.1) is 0 Å². The average molecular weight is 348 g/mol. The number of hydrogen-bond donors (Lipinski definition) is 0. The summed E-state index contributed by atoms with van der Waals surface area (Å²) in [7, 11) is 1.56. The Morgan fingerprint density at radius 2 is 1.96 bits per heavy atom. The number of nitrogens with zero attached hydrogens (tertiary/aromatic N) is 5. The number of aliphatic imine (C=N–C) groups is 1. The molecular formula is C16H22N5O4+. The fraction of sp³-hybridized carbons (Fsp3) is 0.562. The van der Waals surface area contributed by atoms with Crippen molar-refractivity contribution in [3.8, 4) is 0 Å². The van der Waals surface area contributed by atoms with Crippen molar-refractivity contribution in [2.45, 2.75) is 40.3 Å². The molecule has 0 aromatic carbocycles. The second-order valence-corrected chi connectivity index (χ2v) is 6.03. The number of aromatic nitrogens is 2. The SMILES string of the molecule is CCOC(=O)CN1C(=O)C2C(=Nc3n2c(C)c(C)[n+]3CC)N(C)C1=O. The standard InChI is InChI=1S/C16H22N5O4/c1-6-19-9(3)10(4)21-12-13(17-15(19)21)18(5)16(24)20(14(12)23)8-11(22)25-7-2/h12H,6-8H2,1-5H3/q+1. The van der Waals surface area contributed by atoms with E-state index in [9.17, 15) is 14.4 Å². The molecule has 1 aromatic rings. The Morgan fingerprint density at radius 1 is 1.28 bits per heavy atom. The third kappa shape index (κ3) is 2.33. The van der Waals surface area contributed by atoms with Gasteiger partial charge in [0, 0.05) is 7.05 Å². The van der Waals surface area contributed by atoms with E-state index in [0.29, 0.717) is 18.3 Å². The molecule has 3 rings (SSSR count). The first-order chi connectivity index (χ1) is 11.8. The molecule has 0 spiro atoms. The van der Waals surface area contributed by atoms with E-state index in [1.165, 1.54) is 4.90 Å². The minimum Gasteiger partial charge on any atom is -0.465 e. The van der Waals surface area contributed by atoms with E-state index >= 15 is 0 Å². The number of amidine groups is 1. The molecule has 0 bridgehead atoms. The molecule has 1 unspecified atom stereocenters. The van der Waals surface area contributed by atoms with Crippen LogP contribution in [0.15, 0.2) is 4.99 Å². The molecule has 3 heterocycles. The number of imidazole rings is 1. The Balaban J connectivity index is 2.05. The molecule has 9 nitrogen and oxygen atoms in total. The van der Waals surface area contributed by atoms with Gasteiger partial charge in [0.05, 0.1) is 13.2 Å². The third-order valence-electron chi connectivity index (χ3n) is 4.73. The average Bonchev–Trinajstić information content (AvgIpc) is 3.06. The van der Waals surface area contributed by atoms with Crippen molar-refractivity contribution in [3.63, 3.8) is 0 Å². The maximum atomic E-state index is 13.0. The van der Waals surface area contributed by atoms with Crippen LogP contribution < -0.4 is 4.57 Å². The van der Waals surface area contributed by atoms with Gasteiger partial charge in [0.25, 0.3) is 5.91 Å². The summed E-state index contributed by atoms with van der Waals surface area (Å²) in [5.74, 6) is -0.0471. The first-order valence-electron chi connectivity index (χ1n) is 8.27. The van der Waals surface area contributed by atoms with E-state index in [4.69, 9.17) is 4.74 Å². The minimum atomic E-state index is -0.737. The predicted molar refractivity (Wildman–Crippen MR) is 87.4 cm³/mol. The second-order valence-electron chi connectivity index (χ2n) is 6.03. The fourth-order valence-corrected chi connectivity index (χ4v) is 3.36. The summed E-state index contributed by atoms with van der Waals surface area (Å²) in [5, 5.41) is 0. The lowest BCUT2D eigenvalue weighted by Gasteiger charge is -2.32. The van der Waals surface area contributed by atoms with Crippen LogP contribution in [0.3, 0.4) is 0 Å². The molecule has 0 N–H and O–H groups in total. The normalized spacial score (nSPS) is 19.1. The van der Waals surface area contributed by atoms with Crippen LogP contribution in [0, 0.1) is 13.8 Å². The van der Waals surface area contributed by atoms with Crippen LogP contribution in [0.4, 0.5) is 10.7 Å². The summed E-state index contributed by atoms with van der Waals surface area (Å²) >= 11 is 0. The summed E-state index contributed by atoms with van der Waals surface area (Å²) in [6.45, 7) is 8.06. The van der Waals surface area contributed by atoms with E-state index in [1.54, 1.807) is 14.0 Å². The summed E-state index contributed by atoms with van der Waals surface area (Å²) in [6.07, 6.45) is 0. The van der Waals surface area contributed by atoms with Crippen LogP contribution in [-0.2, 0) is 20.9 Å². The van der Waals surface area contributed by atoms with Crippen molar-refractivity contribution in [2.75, 3.05) is 20.2 Å². The first kappa shape index (κ1) is 17.1. The number of urea groups is 1. The predicted octanol–water partition coefficient (Wildman–Crippen LogP) is 0.454. The van der Waals surface area contributed by atoms with Gasteiger partial charge in [0.1, 0.15) is 17.9 Å². The highest BCUT2D eigenvalue weighted by molar-refractivity contribution is 6.21. The molecule has 1 aromatic heterocycles. The maximum Gasteiger partial charge on any atom is 0.402 e. The van der Waals surface area contributed by atoms with Crippen molar-refractivity contribution < 1.29 is 23.7 Å². The van der Waals surface area contributed by atoms with Gasteiger partial charge in [-0.2, -0.15) is 0 Å². The summed E-state index contributed by atoms with van der Waals surface area (Å²) < 4.78 is 8.71. The zero-order valence-corrected chi connectivity index (χ0v) is 15.1. The second kappa shape index (κ2) is 5.98. The molecule has 0 saturated carbocycles. The number of rotatable bonds is 4. The highest BCUT2D eigenvalue weighted by Gasteiger charge is 2.54. The molecule has 9 heteroatoms. The lowest BCUT2D eigenvalue weighted by Crippen LogP contribution is -2.58. The van der Waals surface area contributed by atoms with Gasteiger partial charge in [0.2, 0.25) is 11.9 Å². The van der Waals surface area contributed by atoms with E-state index in [1.807, 2.05) is 29.9 Å². The van der Waals surface area contributed by atoms with E-state index in [-0.39, 0.29) is 6.61 Å². The first-order valence-corrected chi connectivity index (χ1v) is 8.27. The van der Waals surface area contributed by atoms with Gasteiger partial charge in [-0.05, 0) is 27.7 Å². The van der Waals surface area contributed by atoms with Crippen molar-refractivity contribution in [3.05, 3.63) is 11.4 Å². The lowest BCUT2D eigenvalue weighted by atomic mass is 10.1. The number of esters is 1. The van der Waals surface area contributed by atoms with E-state index in [2.05, 4.69) is 4.99 Å². The highest BCUT2D eigenvalue weighted by Crippen LogP contribution is 2.34. The largest absolute Gasteiger partial charge is 0.465 e. The van der Waals surface area contributed by atoms with Crippen LogP contribution in [0.1, 0.15) is 31.3 Å². The third-order valence-corrected chi connectivity index (χ3v) is 4.73. The Labute approximate surface area is 145 Å². The molecule has 0 aliphatic carbocycles. The van der Waals surface area contributed by atoms with Crippen LogP contribution >= 0.6 is 0 Å². The van der Waals surface area contributed by atoms with Crippen molar-refractivity contribution in [1.29, 1.82) is 0 Å². The number of imide groups is 1. The summed E-state index contributed by atoms with van der Waals surface area (Å²) in [4.78, 5) is 44.1. The van der Waals surface area contributed by atoms with Crippen LogP contribution in [-0.4, -0.2) is 58.3 Å². The zero-order chi connectivity index (χ0) is 18.5. The number of carbonyl (C=O) groups excluding carboxylic acids is 3. The molecular weight excluding hydrogens is 326 g/mol. The van der Waals surface area contributed by atoms with Crippen LogP contribution in [0.5, 0.6) is 0 Å². The van der Waals surface area contributed by atoms with Crippen molar-refractivity contribution in [1.82, 2.24) is 14.4 Å². The molecule has 0 radical (unpaired) electrons. The van der Waals surface area contributed by atoms with E-state index < -0.39 is 30.5 Å². The molecule has 3 amide bonds. The van der Waals surface area contributed by atoms with Gasteiger partial charge in [-0.3, -0.25) is 14.5 Å². The number of carbonyl (C=O) groups is 3. The topological polar surface area (TPSA) is 88.1 Å². The number of amides is 3. The molecule has 1 fully saturated rings. The maximum absolute atomic E-state index is 13.0. The number of hydrogen-bond acceptors (Lipinski definition) is 5. The fourth-order valence-electron chi connectivity index (χ4n) is 3.36. The molecule has 2 aliphatic rings. The molecule has 1 saturated heterocycles.